The van der Waals surface area contributed by atoms with Crippen LogP contribution >= 0.6 is 0 Å². The molecule has 8 heteroatoms. The van der Waals surface area contributed by atoms with Crippen LogP contribution in [-0.4, -0.2) is 37.5 Å². The van der Waals surface area contributed by atoms with Crippen molar-refractivity contribution in [3.63, 3.8) is 0 Å². The molecule has 146 valence electrons. The first-order valence-electron chi connectivity index (χ1n) is 9.28. The van der Waals surface area contributed by atoms with Gasteiger partial charge in [0.2, 0.25) is 0 Å². The molecule has 0 amide bonds. The first kappa shape index (κ1) is 18.5. The number of nitrogens with zero attached hydrogens (tertiary/aromatic N) is 5. The highest BCUT2D eigenvalue weighted by Crippen LogP contribution is 2.22. The van der Waals surface area contributed by atoms with Crippen molar-refractivity contribution in [3.05, 3.63) is 71.5 Å². The van der Waals surface area contributed by atoms with E-state index in [9.17, 15) is 4.79 Å². The molecule has 0 saturated carbocycles. The van der Waals surface area contributed by atoms with Gasteiger partial charge in [-0.25, -0.2) is 19.4 Å². The third-order valence-electron chi connectivity index (χ3n) is 4.39. The summed E-state index contributed by atoms with van der Waals surface area (Å²) in [5, 5.41) is 11.7. The number of aromatic nitrogens is 5. The Kier molecular flexibility index (Phi) is 5.15. The third-order valence-corrected chi connectivity index (χ3v) is 4.39. The number of esters is 1. The lowest BCUT2D eigenvalue weighted by Gasteiger charge is -2.08. The van der Waals surface area contributed by atoms with Crippen molar-refractivity contribution < 1.29 is 9.53 Å². The van der Waals surface area contributed by atoms with Crippen LogP contribution in [0, 0.1) is 6.92 Å². The molecule has 4 rings (SSSR count). The van der Waals surface area contributed by atoms with Crippen LogP contribution in [-0.2, 0) is 11.3 Å². The second-order valence-electron chi connectivity index (χ2n) is 6.55. The Hall–Kier alpha value is -3.81. The fourth-order valence-electron chi connectivity index (χ4n) is 2.93. The molecule has 0 bridgehead atoms. The maximum absolute atomic E-state index is 12.0. The standard InChI is InChI=1S/C21H20N6O2/c1-3-29-21(28)16-5-4-6-17(11-16)24-19-18-20(23-13-22-19)27(26-25-18)12-15-9-7-14(2)8-10-15/h4-11,13H,3,12H2,1-2H3,(H,22,23,24). The van der Waals surface area contributed by atoms with E-state index in [1.807, 2.05) is 6.07 Å². The van der Waals surface area contributed by atoms with Crippen LogP contribution in [0.15, 0.2) is 54.9 Å². The summed E-state index contributed by atoms with van der Waals surface area (Å²) in [6.07, 6.45) is 1.47. The number of hydrogen-bond acceptors (Lipinski definition) is 7. The Morgan fingerprint density at radius 2 is 1.97 bits per heavy atom. The summed E-state index contributed by atoms with van der Waals surface area (Å²) in [7, 11) is 0. The van der Waals surface area contributed by atoms with Gasteiger partial charge in [-0.1, -0.05) is 41.1 Å². The molecule has 0 radical (unpaired) electrons. The van der Waals surface area contributed by atoms with E-state index in [-0.39, 0.29) is 5.97 Å². The summed E-state index contributed by atoms with van der Waals surface area (Å²) in [4.78, 5) is 20.6. The highest BCUT2D eigenvalue weighted by atomic mass is 16.5. The van der Waals surface area contributed by atoms with Gasteiger partial charge in [0.05, 0.1) is 18.7 Å². The van der Waals surface area contributed by atoms with Crippen LogP contribution < -0.4 is 5.32 Å². The highest BCUT2D eigenvalue weighted by molar-refractivity contribution is 5.91. The minimum Gasteiger partial charge on any atom is -0.462 e. The predicted molar refractivity (Wildman–Crippen MR) is 109 cm³/mol. The van der Waals surface area contributed by atoms with Gasteiger partial charge in [0, 0.05) is 5.69 Å². The quantitative estimate of drug-likeness (QED) is 0.505. The van der Waals surface area contributed by atoms with Crippen molar-refractivity contribution >= 4 is 28.6 Å². The molecule has 0 aliphatic heterocycles. The van der Waals surface area contributed by atoms with E-state index in [1.54, 1.807) is 29.8 Å². The average molecular weight is 388 g/mol. The summed E-state index contributed by atoms with van der Waals surface area (Å²) in [5.41, 5.74) is 4.66. The van der Waals surface area contributed by atoms with E-state index in [0.29, 0.717) is 41.4 Å². The van der Waals surface area contributed by atoms with E-state index in [0.717, 1.165) is 5.56 Å². The molecule has 29 heavy (non-hydrogen) atoms. The van der Waals surface area contributed by atoms with Crippen molar-refractivity contribution in [2.24, 2.45) is 0 Å². The maximum atomic E-state index is 12.0. The number of aryl methyl sites for hydroxylation is 1. The van der Waals surface area contributed by atoms with Crippen molar-refractivity contribution in [2.75, 3.05) is 11.9 Å². The number of hydrogen-bond donors (Lipinski definition) is 1. The van der Waals surface area contributed by atoms with Crippen molar-refractivity contribution in [1.82, 2.24) is 25.0 Å². The van der Waals surface area contributed by atoms with Gasteiger partial charge >= 0.3 is 5.97 Å². The predicted octanol–water partition coefficient (Wildman–Crippen LogP) is 3.50. The van der Waals surface area contributed by atoms with Gasteiger partial charge in [-0.05, 0) is 37.6 Å². The second kappa shape index (κ2) is 8.05. The molecule has 1 N–H and O–H groups in total. The molecule has 4 aromatic rings. The number of carbonyl (C=O) groups excluding carboxylic acids is 1. The van der Waals surface area contributed by atoms with Gasteiger partial charge in [-0.15, -0.1) is 5.10 Å². The smallest absolute Gasteiger partial charge is 0.338 e. The number of benzene rings is 2. The molecule has 0 unspecified atom stereocenters. The fourth-order valence-corrected chi connectivity index (χ4v) is 2.93. The Bertz CT molecular complexity index is 1150. The summed E-state index contributed by atoms with van der Waals surface area (Å²) in [5.74, 6) is 0.152. The maximum Gasteiger partial charge on any atom is 0.338 e. The zero-order chi connectivity index (χ0) is 20.2. The van der Waals surface area contributed by atoms with Gasteiger partial charge in [0.1, 0.15) is 6.33 Å². The number of carbonyl (C=O) groups is 1. The van der Waals surface area contributed by atoms with Crippen molar-refractivity contribution in [3.8, 4) is 0 Å². The Labute approximate surface area is 167 Å². The molecule has 2 heterocycles. The van der Waals surface area contributed by atoms with E-state index in [4.69, 9.17) is 4.74 Å². The lowest BCUT2D eigenvalue weighted by Crippen LogP contribution is -2.05. The third kappa shape index (κ3) is 4.06. The number of anilines is 2. The molecular weight excluding hydrogens is 368 g/mol. The zero-order valence-corrected chi connectivity index (χ0v) is 16.2. The molecule has 8 nitrogen and oxygen atoms in total. The lowest BCUT2D eigenvalue weighted by atomic mass is 10.1. The first-order chi connectivity index (χ1) is 14.1. The monoisotopic (exact) mass is 388 g/mol. The van der Waals surface area contributed by atoms with Crippen molar-refractivity contribution in [1.29, 1.82) is 0 Å². The summed E-state index contributed by atoms with van der Waals surface area (Å²) in [6.45, 7) is 4.72. The van der Waals surface area contributed by atoms with E-state index < -0.39 is 0 Å². The van der Waals surface area contributed by atoms with Crippen LogP contribution in [0.25, 0.3) is 11.2 Å². The van der Waals surface area contributed by atoms with Crippen molar-refractivity contribution in [2.45, 2.75) is 20.4 Å². The summed E-state index contributed by atoms with van der Waals surface area (Å²) >= 11 is 0. The Morgan fingerprint density at radius 1 is 1.14 bits per heavy atom. The number of nitrogens with one attached hydrogen (secondary N) is 1. The lowest BCUT2D eigenvalue weighted by molar-refractivity contribution is 0.0526. The molecule has 0 aliphatic carbocycles. The van der Waals surface area contributed by atoms with Gasteiger partial charge in [0.25, 0.3) is 0 Å². The molecule has 0 saturated heterocycles. The SMILES string of the molecule is CCOC(=O)c1cccc(Nc2ncnc3c2nnn3Cc2ccc(C)cc2)c1. The molecule has 0 fully saturated rings. The fraction of sp³-hybridized carbons (Fsp3) is 0.190. The topological polar surface area (TPSA) is 94.8 Å². The average Bonchev–Trinajstić information content (AvgIpc) is 3.14. The van der Waals surface area contributed by atoms with Crippen LogP contribution in [0.1, 0.15) is 28.4 Å². The Morgan fingerprint density at radius 3 is 2.76 bits per heavy atom. The van der Waals surface area contributed by atoms with Gasteiger partial charge < -0.3 is 10.1 Å². The molecule has 0 spiro atoms. The van der Waals surface area contributed by atoms with E-state index in [2.05, 4.69) is 56.8 Å². The van der Waals surface area contributed by atoms with Crippen LogP contribution in [0.2, 0.25) is 0 Å². The van der Waals surface area contributed by atoms with E-state index >= 15 is 0 Å². The van der Waals surface area contributed by atoms with Crippen LogP contribution in [0.4, 0.5) is 11.5 Å². The minimum absolute atomic E-state index is 0.326. The highest BCUT2D eigenvalue weighted by Gasteiger charge is 2.13. The Balaban J connectivity index is 1.61. The van der Waals surface area contributed by atoms with Crippen LogP contribution in [0.5, 0.6) is 0 Å². The number of fused-ring (bicyclic) bond motifs is 1. The molecule has 2 aromatic carbocycles. The summed E-state index contributed by atoms with van der Waals surface area (Å²) in [6, 6.07) is 15.3. The number of ether oxygens (including phenoxy) is 1. The zero-order valence-electron chi connectivity index (χ0n) is 16.2. The largest absolute Gasteiger partial charge is 0.462 e. The van der Waals surface area contributed by atoms with Gasteiger partial charge in [0.15, 0.2) is 17.0 Å². The normalized spacial score (nSPS) is 10.8. The number of rotatable bonds is 6. The first-order valence-corrected chi connectivity index (χ1v) is 9.28. The second-order valence-corrected chi connectivity index (χ2v) is 6.55. The van der Waals surface area contributed by atoms with E-state index in [1.165, 1.54) is 11.9 Å². The van der Waals surface area contributed by atoms with Crippen LogP contribution in [0.3, 0.4) is 0 Å². The summed E-state index contributed by atoms with van der Waals surface area (Å²) < 4.78 is 6.79. The minimum atomic E-state index is -0.368. The molecule has 0 aliphatic rings. The molecular formula is C21H20N6O2. The van der Waals surface area contributed by atoms with Gasteiger partial charge in [-0.3, -0.25) is 0 Å². The molecule has 0 atom stereocenters. The van der Waals surface area contributed by atoms with Gasteiger partial charge in [-0.2, -0.15) is 0 Å². The molecule has 2 aromatic heterocycles.